The summed E-state index contributed by atoms with van der Waals surface area (Å²) in [6, 6.07) is 15.0. The van der Waals surface area contributed by atoms with Gasteiger partial charge in [0.05, 0.1) is 12.3 Å². The van der Waals surface area contributed by atoms with E-state index in [2.05, 4.69) is 4.98 Å². The van der Waals surface area contributed by atoms with Crippen molar-refractivity contribution >= 4 is 17.6 Å². The molecule has 0 spiro atoms. The summed E-state index contributed by atoms with van der Waals surface area (Å²) in [6.45, 7) is 0.772. The number of aromatic nitrogens is 3. The quantitative estimate of drug-likeness (QED) is 0.489. The second-order valence-corrected chi connectivity index (χ2v) is 8.84. The highest BCUT2D eigenvalue weighted by atomic mass is 35.5. The van der Waals surface area contributed by atoms with E-state index in [1.54, 1.807) is 23.0 Å². The van der Waals surface area contributed by atoms with E-state index in [1.165, 1.54) is 0 Å². The first kappa shape index (κ1) is 23.1. The molecule has 1 saturated carbocycles. The van der Waals surface area contributed by atoms with Gasteiger partial charge in [-0.05, 0) is 55.2 Å². The maximum atomic E-state index is 13.0. The number of benzene rings is 1. The lowest BCUT2D eigenvalue weighted by molar-refractivity contribution is -0.142. The van der Waals surface area contributed by atoms with Crippen LogP contribution in [-0.2, 0) is 16.1 Å². The zero-order chi connectivity index (χ0) is 23.2. The van der Waals surface area contributed by atoms with Gasteiger partial charge in [0.2, 0.25) is 0 Å². The molecule has 3 aromatic rings. The summed E-state index contributed by atoms with van der Waals surface area (Å²) in [5.74, 6) is -0.236. The van der Waals surface area contributed by atoms with Gasteiger partial charge in [-0.25, -0.2) is 14.5 Å². The number of hydrogen-bond acceptors (Lipinski definition) is 5. The molecular weight excluding hydrogens is 442 g/mol. The largest absolute Gasteiger partial charge is 0.480 e. The molecule has 0 unspecified atom stereocenters. The molecule has 0 saturated heterocycles. The van der Waals surface area contributed by atoms with Gasteiger partial charge in [-0.2, -0.15) is 5.10 Å². The van der Waals surface area contributed by atoms with Crippen molar-refractivity contribution < 1.29 is 14.6 Å². The average molecular weight is 468 g/mol. The molecule has 7 nitrogen and oxygen atoms in total. The molecule has 2 heterocycles. The van der Waals surface area contributed by atoms with E-state index >= 15 is 0 Å². The van der Waals surface area contributed by atoms with E-state index in [9.17, 15) is 9.59 Å². The van der Waals surface area contributed by atoms with Crippen LogP contribution in [0.25, 0.3) is 22.4 Å². The Kier molecular flexibility index (Phi) is 7.52. The van der Waals surface area contributed by atoms with Gasteiger partial charge >= 0.3 is 5.97 Å². The predicted octanol–water partition coefficient (Wildman–Crippen LogP) is 4.53. The molecule has 1 aliphatic rings. The highest BCUT2D eigenvalue weighted by Gasteiger charge is 2.23. The SMILES string of the molecule is O=C(O)COC[C@H]1CC[C@H](Cn2nc(-c3ccccc3)c(-c3ccnc(Cl)c3)cc2=O)CC1. The molecule has 0 radical (unpaired) electrons. The van der Waals surface area contributed by atoms with Crippen LogP contribution in [0.2, 0.25) is 5.15 Å². The Morgan fingerprint density at radius 2 is 1.79 bits per heavy atom. The molecule has 0 atom stereocenters. The van der Waals surface area contributed by atoms with Gasteiger partial charge in [-0.1, -0.05) is 41.9 Å². The average Bonchev–Trinajstić information content (AvgIpc) is 2.81. The Hall–Kier alpha value is -3.03. The molecule has 8 heteroatoms. The standard InChI is InChI=1S/C25H26ClN3O4/c26-22-12-20(10-11-27-22)21-13-23(30)29(28-25(21)19-4-2-1-3-5-19)14-17-6-8-18(9-7-17)15-33-16-24(31)32/h1-5,10-13,17-18H,6-9,14-16H2,(H,31,32)/t17-,18-. The van der Waals surface area contributed by atoms with Crippen molar-refractivity contribution in [2.24, 2.45) is 11.8 Å². The van der Waals surface area contributed by atoms with Crippen LogP contribution >= 0.6 is 11.6 Å². The summed E-state index contributed by atoms with van der Waals surface area (Å²) in [5, 5.41) is 13.9. The lowest BCUT2D eigenvalue weighted by atomic mass is 9.82. The Morgan fingerprint density at radius 1 is 1.06 bits per heavy atom. The van der Waals surface area contributed by atoms with Crippen molar-refractivity contribution in [2.45, 2.75) is 32.2 Å². The van der Waals surface area contributed by atoms with Crippen molar-refractivity contribution in [3.63, 3.8) is 0 Å². The van der Waals surface area contributed by atoms with Gasteiger partial charge in [0, 0.05) is 29.9 Å². The minimum Gasteiger partial charge on any atom is -0.480 e. The molecule has 0 bridgehead atoms. The molecule has 2 aromatic heterocycles. The molecule has 1 aliphatic carbocycles. The third-order valence-electron chi connectivity index (χ3n) is 6.06. The third kappa shape index (κ3) is 6.06. The highest BCUT2D eigenvalue weighted by Crippen LogP contribution is 2.32. The van der Waals surface area contributed by atoms with Crippen molar-refractivity contribution in [1.82, 2.24) is 14.8 Å². The van der Waals surface area contributed by atoms with Crippen LogP contribution < -0.4 is 5.56 Å². The first-order chi connectivity index (χ1) is 16.0. The van der Waals surface area contributed by atoms with E-state index in [0.717, 1.165) is 48.1 Å². The number of nitrogens with zero attached hydrogens (tertiary/aromatic N) is 3. The first-order valence-corrected chi connectivity index (χ1v) is 11.5. The molecule has 0 aliphatic heterocycles. The summed E-state index contributed by atoms with van der Waals surface area (Å²) in [4.78, 5) is 27.7. The van der Waals surface area contributed by atoms with Crippen LogP contribution in [0.3, 0.4) is 0 Å². The van der Waals surface area contributed by atoms with E-state index in [1.807, 2.05) is 36.4 Å². The van der Waals surface area contributed by atoms with Gasteiger partial charge in [-0.15, -0.1) is 0 Å². The number of pyridine rings is 1. The second-order valence-electron chi connectivity index (χ2n) is 8.46. The van der Waals surface area contributed by atoms with Crippen molar-refractivity contribution in [3.8, 4) is 22.4 Å². The number of carbonyl (C=O) groups is 1. The predicted molar refractivity (Wildman–Crippen MR) is 126 cm³/mol. The van der Waals surface area contributed by atoms with Gasteiger partial charge < -0.3 is 9.84 Å². The minimum atomic E-state index is -0.944. The van der Waals surface area contributed by atoms with Crippen molar-refractivity contribution in [3.05, 3.63) is 70.2 Å². The number of aliphatic carboxylic acids is 1. The van der Waals surface area contributed by atoms with E-state index in [-0.39, 0.29) is 12.2 Å². The van der Waals surface area contributed by atoms with Gasteiger partial charge in [0.15, 0.2) is 0 Å². The monoisotopic (exact) mass is 467 g/mol. The molecule has 1 aromatic carbocycles. The van der Waals surface area contributed by atoms with Crippen LogP contribution in [0.1, 0.15) is 25.7 Å². The molecule has 172 valence electrons. The topological polar surface area (TPSA) is 94.3 Å². The molecule has 4 rings (SSSR count). The third-order valence-corrected chi connectivity index (χ3v) is 6.27. The summed E-state index contributed by atoms with van der Waals surface area (Å²) < 4.78 is 6.82. The Bertz CT molecular complexity index is 1160. The molecule has 1 N–H and O–H groups in total. The minimum absolute atomic E-state index is 0.149. The summed E-state index contributed by atoms with van der Waals surface area (Å²) >= 11 is 6.10. The highest BCUT2D eigenvalue weighted by molar-refractivity contribution is 6.29. The van der Waals surface area contributed by atoms with Crippen LogP contribution in [0.4, 0.5) is 0 Å². The smallest absolute Gasteiger partial charge is 0.329 e. The first-order valence-electron chi connectivity index (χ1n) is 11.1. The zero-order valence-corrected chi connectivity index (χ0v) is 18.9. The van der Waals surface area contributed by atoms with Gasteiger partial charge in [0.25, 0.3) is 5.56 Å². The van der Waals surface area contributed by atoms with Crippen LogP contribution in [-0.4, -0.2) is 39.1 Å². The van der Waals surface area contributed by atoms with E-state index < -0.39 is 5.97 Å². The lowest BCUT2D eigenvalue weighted by Crippen LogP contribution is -2.29. The lowest BCUT2D eigenvalue weighted by Gasteiger charge is -2.28. The van der Waals surface area contributed by atoms with Gasteiger partial charge in [0.1, 0.15) is 11.8 Å². The summed E-state index contributed by atoms with van der Waals surface area (Å²) in [5.41, 5.74) is 3.03. The Balaban J connectivity index is 1.54. The number of rotatable bonds is 8. The number of ether oxygens (including phenoxy) is 1. The molecule has 1 fully saturated rings. The summed E-state index contributed by atoms with van der Waals surface area (Å²) in [6.07, 6.45) is 5.45. The number of hydrogen-bond donors (Lipinski definition) is 1. The number of carboxylic acid groups (broad SMARTS) is 1. The second kappa shape index (κ2) is 10.7. The zero-order valence-electron chi connectivity index (χ0n) is 18.2. The molecule has 33 heavy (non-hydrogen) atoms. The fourth-order valence-electron chi connectivity index (χ4n) is 4.36. The molecule has 0 amide bonds. The van der Waals surface area contributed by atoms with Crippen molar-refractivity contribution in [1.29, 1.82) is 0 Å². The fraction of sp³-hybridized carbons (Fsp3) is 0.360. The number of carboxylic acids is 1. The Morgan fingerprint density at radius 3 is 2.48 bits per heavy atom. The van der Waals surface area contributed by atoms with Crippen molar-refractivity contribution in [2.75, 3.05) is 13.2 Å². The van der Waals surface area contributed by atoms with Gasteiger partial charge in [-0.3, -0.25) is 4.79 Å². The maximum absolute atomic E-state index is 13.0. The summed E-state index contributed by atoms with van der Waals surface area (Å²) in [7, 11) is 0. The van der Waals surface area contributed by atoms with Crippen LogP contribution in [0.15, 0.2) is 59.5 Å². The van der Waals surface area contributed by atoms with E-state index in [4.69, 9.17) is 26.5 Å². The fourth-order valence-corrected chi connectivity index (χ4v) is 4.53. The molecular formula is C25H26ClN3O4. The number of halogens is 1. The van der Waals surface area contributed by atoms with E-state index in [0.29, 0.717) is 30.1 Å². The Labute approximate surface area is 197 Å². The normalized spacial score (nSPS) is 18.2. The van der Waals surface area contributed by atoms with Crippen LogP contribution in [0.5, 0.6) is 0 Å². The maximum Gasteiger partial charge on any atom is 0.329 e. The van der Waals surface area contributed by atoms with Crippen LogP contribution in [0, 0.1) is 11.8 Å².